The van der Waals surface area contributed by atoms with E-state index in [0.29, 0.717) is 5.69 Å². The van der Waals surface area contributed by atoms with Crippen LogP contribution in [0.4, 0.5) is 4.39 Å². The number of aromatic nitrogens is 2. The number of fused-ring (bicyclic) bond motifs is 1. The molecule has 3 rings (SSSR count). The highest BCUT2D eigenvalue weighted by molar-refractivity contribution is 5.94. The first-order valence-electron chi connectivity index (χ1n) is 8.31. The van der Waals surface area contributed by atoms with E-state index >= 15 is 0 Å². The fourth-order valence-electron chi connectivity index (χ4n) is 3.19. The monoisotopic (exact) mass is 315 g/mol. The van der Waals surface area contributed by atoms with Gasteiger partial charge in [0.2, 0.25) is 0 Å². The number of hydrogen-bond acceptors (Lipinski definition) is 2. The summed E-state index contributed by atoms with van der Waals surface area (Å²) in [4.78, 5) is 12.6. The molecular formula is C18H22FN3O. The Balaban J connectivity index is 1.78. The summed E-state index contributed by atoms with van der Waals surface area (Å²) >= 11 is 0. The number of nitrogens with one attached hydrogen (secondary N) is 2. The van der Waals surface area contributed by atoms with E-state index in [0.717, 1.165) is 48.9 Å². The molecule has 0 aliphatic heterocycles. The summed E-state index contributed by atoms with van der Waals surface area (Å²) in [6, 6.07) is 6.14. The van der Waals surface area contributed by atoms with E-state index in [-0.39, 0.29) is 17.8 Å². The third-order valence-electron chi connectivity index (χ3n) is 4.51. The minimum absolute atomic E-state index is 0.138. The van der Waals surface area contributed by atoms with E-state index < -0.39 is 0 Å². The van der Waals surface area contributed by atoms with E-state index in [2.05, 4.69) is 15.5 Å². The molecule has 1 atom stereocenters. The molecule has 0 bridgehead atoms. The Morgan fingerprint density at radius 1 is 1.26 bits per heavy atom. The van der Waals surface area contributed by atoms with Crippen LogP contribution in [0.5, 0.6) is 0 Å². The van der Waals surface area contributed by atoms with Crippen molar-refractivity contribution in [3.8, 4) is 0 Å². The standard InChI is InChI=1S/C18H22FN3O/c1-2-15(12-8-10-13(19)11-9-12)20-18(23)17-14-6-4-3-5-7-16(14)21-22-17/h8-11,15H,2-7H2,1H3,(H,20,23)(H,21,22)/t15-/m1/s1. The minimum atomic E-state index is -0.271. The van der Waals surface area contributed by atoms with Crippen molar-refractivity contribution in [3.63, 3.8) is 0 Å². The summed E-state index contributed by atoms with van der Waals surface area (Å²) in [7, 11) is 0. The molecule has 1 aliphatic carbocycles. The van der Waals surface area contributed by atoms with Gasteiger partial charge >= 0.3 is 0 Å². The number of aromatic amines is 1. The summed E-state index contributed by atoms with van der Waals surface area (Å²) in [6.07, 6.45) is 6.04. The van der Waals surface area contributed by atoms with Crippen LogP contribution in [0.2, 0.25) is 0 Å². The molecule has 0 saturated carbocycles. The third-order valence-corrected chi connectivity index (χ3v) is 4.51. The third kappa shape index (κ3) is 3.44. The molecule has 1 amide bonds. The van der Waals surface area contributed by atoms with Crippen molar-refractivity contribution in [2.75, 3.05) is 0 Å². The van der Waals surface area contributed by atoms with Gasteiger partial charge in [0.1, 0.15) is 5.82 Å². The Hall–Kier alpha value is -2.17. The van der Waals surface area contributed by atoms with Crippen LogP contribution >= 0.6 is 0 Å². The highest BCUT2D eigenvalue weighted by Gasteiger charge is 2.22. The molecule has 122 valence electrons. The van der Waals surface area contributed by atoms with Gasteiger partial charge in [-0.05, 0) is 49.8 Å². The van der Waals surface area contributed by atoms with Gasteiger partial charge in [-0.2, -0.15) is 5.10 Å². The molecule has 23 heavy (non-hydrogen) atoms. The number of hydrogen-bond donors (Lipinski definition) is 2. The first kappa shape index (κ1) is 15.7. The molecule has 2 N–H and O–H groups in total. The molecule has 1 heterocycles. The predicted octanol–water partition coefficient (Wildman–Crippen LogP) is 3.70. The van der Waals surface area contributed by atoms with Gasteiger partial charge in [-0.1, -0.05) is 25.5 Å². The summed E-state index contributed by atoms with van der Waals surface area (Å²) in [5, 5.41) is 10.3. The number of rotatable bonds is 4. The maximum Gasteiger partial charge on any atom is 0.272 e. The van der Waals surface area contributed by atoms with Gasteiger partial charge in [-0.25, -0.2) is 4.39 Å². The Morgan fingerprint density at radius 2 is 2.00 bits per heavy atom. The molecule has 0 fully saturated rings. The number of nitrogens with zero attached hydrogens (tertiary/aromatic N) is 1. The lowest BCUT2D eigenvalue weighted by molar-refractivity contribution is 0.0929. The smallest absolute Gasteiger partial charge is 0.272 e. The fourth-order valence-corrected chi connectivity index (χ4v) is 3.19. The van der Waals surface area contributed by atoms with E-state index in [1.807, 2.05) is 6.92 Å². The number of aryl methyl sites for hydroxylation is 1. The molecule has 1 aliphatic rings. The second-order valence-corrected chi connectivity index (χ2v) is 6.08. The van der Waals surface area contributed by atoms with Crippen LogP contribution in [0.1, 0.15) is 66.0 Å². The van der Waals surface area contributed by atoms with Crippen molar-refractivity contribution >= 4 is 5.91 Å². The van der Waals surface area contributed by atoms with Gasteiger partial charge in [0.05, 0.1) is 6.04 Å². The number of amides is 1. The topological polar surface area (TPSA) is 57.8 Å². The van der Waals surface area contributed by atoms with E-state index in [9.17, 15) is 9.18 Å². The van der Waals surface area contributed by atoms with Gasteiger partial charge in [-0.3, -0.25) is 9.89 Å². The highest BCUT2D eigenvalue weighted by Crippen LogP contribution is 2.23. The number of halogens is 1. The van der Waals surface area contributed by atoms with Crippen molar-refractivity contribution in [2.24, 2.45) is 0 Å². The van der Waals surface area contributed by atoms with Gasteiger partial charge in [-0.15, -0.1) is 0 Å². The van der Waals surface area contributed by atoms with Crippen LogP contribution < -0.4 is 5.32 Å². The van der Waals surface area contributed by atoms with E-state index in [1.54, 1.807) is 12.1 Å². The Bertz CT molecular complexity index is 678. The molecule has 2 aromatic rings. The minimum Gasteiger partial charge on any atom is -0.344 e. The van der Waals surface area contributed by atoms with Gasteiger partial charge in [0, 0.05) is 11.3 Å². The maximum atomic E-state index is 13.1. The van der Waals surface area contributed by atoms with Crippen molar-refractivity contribution in [3.05, 3.63) is 52.6 Å². The molecule has 5 heteroatoms. The maximum absolute atomic E-state index is 13.1. The Morgan fingerprint density at radius 3 is 2.74 bits per heavy atom. The number of benzene rings is 1. The van der Waals surface area contributed by atoms with Gasteiger partial charge in [0.25, 0.3) is 5.91 Å². The van der Waals surface area contributed by atoms with Crippen LogP contribution in [-0.4, -0.2) is 16.1 Å². The lowest BCUT2D eigenvalue weighted by atomic mass is 10.0. The van der Waals surface area contributed by atoms with Crippen molar-refractivity contribution < 1.29 is 9.18 Å². The molecule has 4 nitrogen and oxygen atoms in total. The number of H-pyrrole nitrogens is 1. The average Bonchev–Trinajstić information content (AvgIpc) is 2.82. The van der Waals surface area contributed by atoms with Crippen molar-refractivity contribution in [1.29, 1.82) is 0 Å². The molecule has 1 aromatic heterocycles. The summed E-state index contributed by atoms with van der Waals surface area (Å²) < 4.78 is 13.1. The summed E-state index contributed by atoms with van der Waals surface area (Å²) in [6.45, 7) is 2.00. The van der Waals surface area contributed by atoms with Crippen LogP contribution in [0.3, 0.4) is 0 Å². The first-order chi connectivity index (χ1) is 11.2. The molecule has 0 unspecified atom stereocenters. The van der Waals surface area contributed by atoms with Crippen LogP contribution in [0.15, 0.2) is 24.3 Å². The SMILES string of the molecule is CC[C@@H](NC(=O)c1n[nH]c2c1CCCCC2)c1ccc(F)cc1. The average molecular weight is 315 g/mol. The Kier molecular flexibility index (Phi) is 4.74. The van der Waals surface area contributed by atoms with Crippen LogP contribution in [-0.2, 0) is 12.8 Å². The predicted molar refractivity (Wildman–Crippen MR) is 86.7 cm³/mol. The summed E-state index contributed by atoms with van der Waals surface area (Å²) in [5.74, 6) is -0.423. The zero-order valence-corrected chi connectivity index (χ0v) is 13.4. The van der Waals surface area contributed by atoms with E-state index in [4.69, 9.17) is 0 Å². The fraction of sp³-hybridized carbons (Fsp3) is 0.444. The van der Waals surface area contributed by atoms with Crippen molar-refractivity contribution in [1.82, 2.24) is 15.5 Å². The molecular weight excluding hydrogens is 293 g/mol. The van der Waals surface area contributed by atoms with Crippen molar-refractivity contribution in [2.45, 2.75) is 51.5 Å². The van der Waals surface area contributed by atoms with Crippen LogP contribution in [0.25, 0.3) is 0 Å². The lowest BCUT2D eigenvalue weighted by Crippen LogP contribution is -2.29. The zero-order valence-electron chi connectivity index (χ0n) is 13.4. The second-order valence-electron chi connectivity index (χ2n) is 6.08. The van der Waals surface area contributed by atoms with Gasteiger partial charge < -0.3 is 5.32 Å². The molecule has 0 saturated heterocycles. The Labute approximate surface area is 135 Å². The second kappa shape index (κ2) is 6.94. The molecule has 0 radical (unpaired) electrons. The number of carbonyl (C=O) groups is 1. The van der Waals surface area contributed by atoms with E-state index in [1.165, 1.54) is 18.6 Å². The summed E-state index contributed by atoms with van der Waals surface area (Å²) in [5.41, 5.74) is 3.59. The quantitative estimate of drug-likeness (QED) is 0.845. The largest absolute Gasteiger partial charge is 0.344 e. The normalized spacial score (nSPS) is 15.6. The van der Waals surface area contributed by atoms with Gasteiger partial charge in [0.15, 0.2) is 5.69 Å². The zero-order chi connectivity index (χ0) is 16.2. The van der Waals surface area contributed by atoms with Crippen LogP contribution in [0, 0.1) is 5.82 Å². The molecule has 1 aromatic carbocycles. The molecule has 0 spiro atoms. The first-order valence-corrected chi connectivity index (χ1v) is 8.31. The lowest BCUT2D eigenvalue weighted by Gasteiger charge is -2.17. The number of carbonyl (C=O) groups excluding carboxylic acids is 1. The highest BCUT2D eigenvalue weighted by atomic mass is 19.1.